The van der Waals surface area contributed by atoms with Crippen LogP contribution in [0.3, 0.4) is 0 Å². The molecule has 1 unspecified atom stereocenters. The third-order valence-electron chi connectivity index (χ3n) is 3.52. The minimum Gasteiger partial charge on any atom is -0.496 e. The van der Waals surface area contributed by atoms with Crippen molar-refractivity contribution in [3.05, 3.63) is 64.7 Å². The SMILES string of the molecule is CCCOC(=O)C(C(=O)c1c(Cl)cccc1OC)c1ccccc1. The highest BCUT2D eigenvalue weighted by atomic mass is 35.5. The summed E-state index contributed by atoms with van der Waals surface area (Å²) in [5, 5.41) is 0.239. The van der Waals surface area contributed by atoms with Crippen molar-refractivity contribution in [2.24, 2.45) is 0 Å². The fourth-order valence-corrected chi connectivity index (χ4v) is 2.64. The molecule has 1 atom stereocenters. The molecule has 5 heteroatoms. The van der Waals surface area contributed by atoms with Crippen molar-refractivity contribution in [3.63, 3.8) is 0 Å². The fraction of sp³-hybridized carbons (Fsp3) is 0.263. The Hall–Kier alpha value is -2.33. The maximum atomic E-state index is 13.1. The lowest BCUT2D eigenvalue weighted by atomic mass is 9.90. The molecule has 0 aliphatic carbocycles. The van der Waals surface area contributed by atoms with Crippen LogP contribution in [0.4, 0.5) is 0 Å². The number of carbonyl (C=O) groups is 2. The molecule has 2 aromatic carbocycles. The zero-order valence-electron chi connectivity index (χ0n) is 13.6. The third-order valence-corrected chi connectivity index (χ3v) is 3.84. The molecule has 0 fully saturated rings. The smallest absolute Gasteiger partial charge is 0.321 e. The Kier molecular flexibility index (Phi) is 6.38. The van der Waals surface area contributed by atoms with E-state index in [4.69, 9.17) is 21.1 Å². The van der Waals surface area contributed by atoms with Crippen LogP contribution in [-0.2, 0) is 9.53 Å². The number of carbonyl (C=O) groups excluding carboxylic acids is 2. The lowest BCUT2D eigenvalue weighted by Gasteiger charge is -2.17. The maximum Gasteiger partial charge on any atom is 0.321 e. The fourth-order valence-electron chi connectivity index (χ4n) is 2.38. The molecule has 0 saturated heterocycles. The first-order chi connectivity index (χ1) is 11.6. The molecule has 0 saturated carbocycles. The molecule has 0 heterocycles. The van der Waals surface area contributed by atoms with Crippen LogP contribution in [-0.4, -0.2) is 25.5 Å². The highest BCUT2D eigenvalue weighted by molar-refractivity contribution is 6.35. The van der Waals surface area contributed by atoms with Gasteiger partial charge >= 0.3 is 5.97 Å². The summed E-state index contributed by atoms with van der Waals surface area (Å²) in [4.78, 5) is 25.6. The highest BCUT2D eigenvalue weighted by Crippen LogP contribution is 2.32. The standard InChI is InChI=1S/C19H19ClO4/c1-3-12-24-19(22)16(13-8-5-4-6-9-13)18(21)17-14(20)10-7-11-15(17)23-2/h4-11,16H,3,12H2,1-2H3. The first-order valence-electron chi connectivity index (χ1n) is 7.68. The van der Waals surface area contributed by atoms with Crippen LogP contribution < -0.4 is 4.74 Å². The van der Waals surface area contributed by atoms with Gasteiger partial charge in [0.25, 0.3) is 0 Å². The minimum absolute atomic E-state index is 0.184. The quantitative estimate of drug-likeness (QED) is 0.427. The molecule has 4 nitrogen and oxygen atoms in total. The largest absolute Gasteiger partial charge is 0.496 e. The Bertz CT molecular complexity index is 713. The van der Waals surface area contributed by atoms with Gasteiger partial charge in [-0.15, -0.1) is 0 Å². The molecular weight excluding hydrogens is 328 g/mol. The van der Waals surface area contributed by atoms with Gasteiger partial charge < -0.3 is 9.47 Å². The zero-order valence-corrected chi connectivity index (χ0v) is 14.4. The molecule has 0 aromatic heterocycles. The van der Waals surface area contributed by atoms with Crippen LogP contribution in [0.2, 0.25) is 5.02 Å². The van der Waals surface area contributed by atoms with Crippen molar-refractivity contribution in [2.75, 3.05) is 13.7 Å². The van der Waals surface area contributed by atoms with Gasteiger partial charge in [0.2, 0.25) is 0 Å². The number of Topliss-reactive ketones (excluding diaryl/α,β-unsaturated/α-hetero) is 1. The first kappa shape index (κ1) is 18.0. The van der Waals surface area contributed by atoms with E-state index in [0.29, 0.717) is 17.7 Å². The predicted molar refractivity (Wildman–Crippen MR) is 92.8 cm³/mol. The van der Waals surface area contributed by atoms with Gasteiger partial charge in [-0.2, -0.15) is 0 Å². The number of esters is 1. The second-order valence-corrected chi connectivity index (χ2v) is 5.60. The van der Waals surface area contributed by atoms with Crippen molar-refractivity contribution in [1.82, 2.24) is 0 Å². The summed E-state index contributed by atoms with van der Waals surface area (Å²) in [7, 11) is 1.45. The van der Waals surface area contributed by atoms with E-state index in [1.807, 2.05) is 13.0 Å². The first-order valence-corrected chi connectivity index (χ1v) is 8.06. The van der Waals surface area contributed by atoms with Crippen LogP contribution in [0.15, 0.2) is 48.5 Å². The van der Waals surface area contributed by atoms with E-state index in [9.17, 15) is 9.59 Å². The normalized spacial score (nSPS) is 11.6. The number of rotatable bonds is 7. The number of hydrogen-bond acceptors (Lipinski definition) is 4. The molecule has 126 valence electrons. The van der Waals surface area contributed by atoms with Gasteiger partial charge in [-0.25, -0.2) is 0 Å². The summed E-state index contributed by atoms with van der Waals surface area (Å²) in [5.41, 5.74) is 0.745. The Morgan fingerprint density at radius 1 is 1.08 bits per heavy atom. The van der Waals surface area contributed by atoms with Crippen molar-refractivity contribution < 1.29 is 19.1 Å². The highest BCUT2D eigenvalue weighted by Gasteiger charge is 2.33. The van der Waals surface area contributed by atoms with E-state index >= 15 is 0 Å². The zero-order chi connectivity index (χ0) is 17.5. The Morgan fingerprint density at radius 3 is 2.42 bits per heavy atom. The van der Waals surface area contributed by atoms with Gasteiger partial charge in [0.05, 0.1) is 24.3 Å². The second kappa shape index (κ2) is 8.50. The number of hydrogen-bond donors (Lipinski definition) is 0. The average molecular weight is 347 g/mol. The van der Waals surface area contributed by atoms with Gasteiger partial charge in [-0.1, -0.05) is 54.9 Å². The lowest BCUT2D eigenvalue weighted by molar-refractivity contribution is -0.144. The van der Waals surface area contributed by atoms with Gasteiger partial charge in [0.15, 0.2) is 5.78 Å². The third kappa shape index (κ3) is 3.95. The Balaban J connectivity index is 2.48. The second-order valence-electron chi connectivity index (χ2n) is 5.19. The van der Waals surface area contributed by atoms with Crippen LogP contribution >= 0.6 is 11.6 Å². The van der Waals surface area contributed by atoms with Crippen molar-refractivity contribution >= 4 is 23.4 Å². The van der Waals surface area contributed by atoms with E-state index in [1.165, 1.54) is 7.11 Å². The topological polar surface area (TPSA) is 52.6 Å². The van der Waals surface area contributed by atoms with E-state index in [2.05, 4.69) is 0 Å². The molecule has 0 aliphatic rings. The molecule has 0 bridgehead atoms. The molecule has 2 rings (SSSR count). The summed E-state index contributed by atoms with van der Waals surface area (Å²) in [6.45, 7) is 2.15. The number of ether oxygens (including phenoxy) is 2. The Morgan fingerprint density at radius 2 is 1.79 bits per heavy atom. The Labute approximate surface area is 146 Å². The van der Waals surface area contributed by atoms with Crippen LogP contribution in [0.25, 0.3) is 0 Å². The minimum atomic E-state index is -1.08. The molecule has 0 aliphatic heterocycles. The number of halogens is 1. The molecule has 24 heavy (non-hydrogen) atoms. The van der Waals surface area contributed by atoms with Crippen molar-refractivity contribution in [1.29, 1.82) is 0 Å². The molecule has 0 spiro atoms. The summed E-state index contributed by atoms with van der Waals surface area (Å²) in [6, 6.07) is 13.7. The van der Waals surface area contributed by atoms with E-state index in [0.717, 1.165) is 0 Å². The summed E-state index contributed by atoms with van der Waals surface area (Å²) >= 11 is 6.19. The molecule has 0 N–H and O–H groups in total. The van der Waals surface area contributed by atoms with E-state index < -0.39 is 17.7 Å². The van der Waals surface area contributed by atoms with Crippen LogP contribution in [0.5, 0.6) is 5.75 Å². The molecule has 0 amide bonds. The van der Waals surface area contributed by atoms with Crippen molar-refractivity contribution in [3.8, 4) is 5.75 Å². The van der Waals surface area contributed by atoms with Gasteiger partial charge in [-0.3, -0.25) is 9.59 Å². The predicted octanol–water partition coefficient (Wildman–Crippen LogP) is 4.27. The van der Waals surface area contributed by atoms with E-state index in [-0.39, 0.29) is 17.2 Å². The van der Waals surface area contributed by atoms with Gasteiger partial charge in [0, 0.05) is 0 Å². The summed E-state index contributed by atoms with van der Waals surface area (Å²) in [6.07, 6.45) is 0.677. The number of methoxy groups -OCH3 is 1. The number of benzene rings is 2. The lowest BCUT2D eigenvalue weighted by Crippen LogP contribution is -2.25. The molecular formula is C19H19ClO4. The summed E-state index contributed by atoms with van der Waals surface area (Å²) in [5.74, 6) is -1.77. The maximum absolute atomic E-state index is 13.1. The van der Waals surface area contributed by atoms with Gasteiger partial charge in [0.1, 0.15) is 11.7 Å². The van der Waals surface area contributed by atoms with Crippen LogP contribution in [0, 0.1) is 0 Å². The number of ketones is 1. The van der Waals surface area contributed by atoms with Crippen LogP contribution in [0.1, 0.15) is 35.2 Å². The van der Waals surface area contributed by atoms with Gasteiger partial charge in [-0.05, 0) is 24.1 Å². The van der Waals surface area contributed by atoms with Crippen molar-refractivity contribution in [2.45, 2.75) is 19.3 Å². The monoisotopic (exact) mass is 346 g/mol. The molecule has 0 radical (unpaired) electrons. The summed E-state index contributed by atoms with van der Waals surface area (Å²) < 4.78 is 10.5. The van der Waals surface area contributed by atoms with E-state index in [1.54, 1.807) is 42.5 Å². The molecule has 2 aromatic rings. The average Bonchev–Trinajstić information content (AvgIpc) is 2.60.